The van der Waals surface area contributed by atoms with Crippen molar-refractivity contribution in [3.8, 4) is 29.3 Å². The summed E-state index contributed by atoms with van der Waals surface area (Å²) in [5.41, 5.74) is 5.83. The highest BCUT2D eigenvalue weighted by Crippen LogP contribution is 2.32. The topological polar surface area (TPSA) is 65.0 Å². The molecule has 49 heavy (non-hydrogen) atoms. The first-order chi connectivity index (χ1) is 24.0. The number of ketones is 1. The minimum absolute atomic E-state index is 0.167. The second-order valence-electron chi connectivity index (χ2n) is 13.4. The lowest BCUT2D eigenvalue weighted by Gasteiger charge is -2.15. The highest BCUT2D eigenvalue weighted by atomic mass is 16.5. The zero-order valence-corrected chi connectivity index (χ0v) is 29.4. The molecule has 0 radical (unpaired) electrons. The molecule has 0 amide bonds. The number of benzene rings is 4. The van der Waals surface area contributed by atoms with E-state index in [9.17, 15) is 9.90 Å². The van der Waals surface area contributed by atoms with Crippen LogP contribution in [0.2, 0.25) is 0 Å². The van der Waals surface area contributed by atoms with Gasteiger partial charge in [-0.3, -0.25) is 4.79 Å². The van der Waals surface area contributed by atoms with Crippen molar-refractivity contribution in [1.29, 1.82) is 0 Å². The summed E-state index contributed by atoms with van der Waals surface area (Å²) in [6, 6.07) is 24.6. The zero-order valence-electron chi connectivity index (χ0n) is 29.4. The summed E-state index contributed by atoms with van der Waals surface area (Å²) in [4.78, 5) is 13.2. The van der Waals surface area contributed by atoms with E-state index in [0.29, 0.717) is 43.8 Å². The van der Waals surface area contributed by atoms with Crippen molar-refractivity contribution in [2.75, 3.05) is 7.11 Å². The van der Waals surface area contributed by atoms with Gasteiger partial charge in [0.2, 0.25) is 0 Å². The molecule has 6 bridgehead atoms. The number of phenolic OH excluding ortho intramolecular Hbond substituents is 1. The highest BCUT2D eigenvalue weighted by Gasteiger charge is 2.16. The van der Waals surface area contributed by atoms with Crippen molar-refractivity contribution in [3.05, 3.63) is 101 Å². The third-order valence-corrected chi connectivity index (χ3v) is 9.64. The van der Waals surface area contributed by atoms with E-state index in [1.54, 1.807) is 13.2 Å². The summed E-state index contributed by atoms with van der Waals surface area (Å²) in [7, 11) is 1.63. The van der Waals surface area contributed by atoms with Crippen molar-refractivity contribution in [2.24, 2.45) is 0 Å². The summed E-state index contributed by atoms with van der Waals surface area (Å²) in [6.45, 7) is 2.63. The minimum atomic E-state index is -0.254. The summed E-state index contributed by atoms with van der Waals surface area (Å²) in [6.07, 6.45) is 17.0. The fraction of sp³-hybridized carbons (Fsp3) is 0.432. The molecule has 6 rings (SSSR count). The van der Waals surface area contributed by atoms with Gasteiger partial charge in [0, 0.05) is 24.8 Å². The molecule has 0 aliphatic carbocycles. The molecule has 5 nitrogen and oxygen atoms in total. The van der Waals surface area contributed by atoms with Gasteiger partial charge in [0.15, 0.2) is 11.5 Å². The van der Waals surface area contributed by atoms with E-state index in [0.717, 1.165) is 53.1 Å². The number of rotatable bonds is 13. The number of methoxy groups -OCH3 is 1. The van der Waals surface area contributed by atoms with E-state index >= 15 is 0 Å². The third kappa shape index (κ3) is 10.8. The van der Waals surface area contributed by atoms with Gasteiger partial charge in [0.25, 0.3) is 0 Å². The fourth-order valence-electron chi connectivity index (χ4n) is 6.78. The number of ether oxygens (including phenoxy) is 3. The molecule has 2 aliphatic rings. The number of fused-ring (bicyclic) bond motifs is 9. The van der Waals surface area contributed by atoms with Crippen LogP contribution < -0.4 is 9.47 Å². The van der Waals surface area contributed by atoms with E-state index in [4.69, 9.17) is 14.2 Å². The van der Waals surface area contributed by atoms with Crippen molar-refractivity contribution in [1.82, 2.24) is 0 Å². The van der Waals surface area contributed by atoms with E-state index in [1.807, 2.05) is 36.4 Å². The number of Topliss-reactive ketones (excluding diaryl/α,β-unsaturated/α-hetero) is 1. The molecule has 2 heterocycles. The fourth-order valence-corrected chi connectivity index (χ4v) is 6.78. The minimum Gasteiger partial charge on any atom is -0.508 e. The number of aryl methyl sites for hydroxylation is 3. The second kappa shape index (κ2) is 18.9. The average Bonchev–Trinajstić information content (AvgIpc) is 3.12. The molecule has 5 heteroatoms. The van der Waals surface area contributed by atoms with Gasteiger partial charge < -0.3 is 19.3 Å². The molecule has 0 fully saturated rings. The van der Waals surface area contributed by atoms with Crippen molar-refractivity contribution in [2.45, 2.75) is 116 Å². The van der Waals surface area contributed by atoms with Gasteiger partial charge in [-0.2, -0.15) is 0 Å². The Morgan fingerprint density at radius 3 is 2.39 bits per heavy atom. The third-order valence-electron chi connectivity index (χ3n) is 9.64. The Bertz CT molecular complexity index is 1730. The smallest absolute Gasteiger partial charge is 0.161 e. The van der Waals surface area contributed by atoms with Gasteiger partial charge >= 0.3 is 0 Å². The Morgan fingerprint density at radius 1 is 0.837 bits per heavy atom. The molecule has 0 aromatic heterocycles. The maximum atomic E-state index is 13.2. The SMILES string of the molecule is CCCCCc1ccccc1CCCCCCCC1CC(=O)CCc2ccc(OC)c(c2)OCc2ccc3c(c(O)ccc3c2)CC#CO1. The molecular weight excluding hydrogens is 608 g/mol. The van der Waals surface area contributed by atoms with E-state index in [-0.39, 0.29) is 17.6 Å². The molecule has 4 aromatic carbocycles. The van der Waals surface area contributed by atoms with Gasteiger partial charge in [0.05, 0.1) is 7.11 Å². The van der Waals surface area contributed by atoms with Crippen LogP contribution in [0.3, 0.4) is 0 Å². The van der Waals surface area contributed by atoms with Gasteiger partial charge in [0.1, 0.15) is 30.4 Å². The first-order valence-corrected chi connectivity index (χ1v) is 18.3. The lowest BCUT2D eigenvalue weighted by atomic mass is 9.96. The van der Waals surface area contributed by atoms with Gasteiger partial charge in [-0.15, -0.1) is 0 Å². The molecule has 0 spiro atoms. The van der Waals surface area contributed by atoms with Crippen LogP contribution in [0.15, 0.2) is 72.8 Å². The Labute approximate surface area is 293 Å². The predicted molar refractivity (Wildman–Crippen MR) is 198 cm³/mol. The Hall–Kier alpha value is -4.43. The van der Waals surface area contributed by atoms with E-state index in [1.165, 1.54) is 56.1 Å². The highest BCUT2D eigenvalue weighted by molar-refractivity contribution is 5.88. The Balaban J connectivity index is 1.21. The summed E-state index contributed by atoms with van der Waals surface area (Å²) in [5, 5.41) is 12.6. The first kappa shape index (κ1) is 35.9. The van der Waals surface area contributed by atoms with Crippen molar-refractivity contribution < 1.29 is 24.1 Å². The molecule has 258 valence electrons. The number of aromatic hydroxyl groups is 1. The number of phenols is 1. The predicted octanol–water partition coefficient (Wildman–Crippen LogP) is 10.2. The normalized spacial score (nSPS) is 15.1. The molecule has 1 N–H and O–H groups in total. The molecule has 2 aliphatic heterocycles. The van der Waals surface area contributed by atoms with Gasteiger partial charge in [-0.1, -0.05) is 93.5 Å². The number of carbonyl (C=O) groups is 1. The number of unbranched alkanes of at least 4 members (excludes halogenated alkanes) is 6. The van der Waals surface area contributed by atoms with Gasteiger partial charge in [-0.25, -0.2) is 0 Å². The zero-order chi connectivity index (χ0) is 34.3. The Morgan fingerprint density at radius 2 is 1.59 bits per heavy atom. The monoisotopic (exact) mass is 660 g/mol. The van der Waals surface area contributed by atoms with Crippen molar-refractivity contribution >= 4 is 16.6 Å². The maximum absolute atomic E-state index is 13.2. The van der Waals surface area contributed by atoms with Crippen LogP contribution in [0.1, 0.15) is 105 Å². The number of hydrogen-bond donors (Lipinski definition) is 1. The lowest BCUT2D eigenvalue weighted by molar-refractivity contribution is -0.121. The second-order valence-corrected chi connectivity index (χ2v) is 13.4. The summed E-state index contributed by atoms with van der Waals surface area (Å²) in [5.74, 6) is 4.82. The maximum Gasteiger partial charge on any atom is 0.161 e. The molecular formula is C44H52O5. The van der Waals surface area contributed by atoms with Gasteiger partial charge in [-0.05, 0) is 102 Å². The Kier molecular flexibility index (Phi) is 13.9. The van der Waals surface area contributed by atoms with E-state index < -0.39 is 0 Å². The molecule has 1 unspecified atom stereocenters. The van der Waals surface area contributed by atoms with Crippen LogP contribution in [0, 0.1) is 12.0 Å². The average molecular weight is 661 g/mol. The largest absolute Gasteiger partial charge is 0.508 e. The van der Waals surface area contributed by atoms with Crippen LogP contribution >= 0.6 is 0 Å². The standard InChI is InChI=1S/C44H52O5/c1-3-4-8-14-35-16-11-12-17-36(35)15-9-6-5-7-10-18-39-31-38(45)24-20-33-22-27-43(47-2)44(30-33)49-32-34-21-25-40-37(29-34)23-26-42(46)41(40)19-13-28-48-39/h11-12,16-17,21-23,25-27,29-30,39,46H,3-10,14-15,18-20,24,31-32H2,1-2H3. The lowest BCUT2D eigenvalue weighted by Crippen LogP contribution is -2.16. The molecule has 0 saturated heterocycles. The summed E-state index contributed by atoms with van der Waals surface area (Å²) < 4.78 is 17.8. The first-order valence-electron chi connectivity index (χ1n) is 18.3. The van der Waals surface area contributed by atoms with Crippen LogP contribution in [-0.2, 0) is 41.8 Å². The molecule has 4 aromatic rings. The van der Waals surface area contributed by atoms with Crippen LogP contribution in [0.25, 0.3) is 10.8 Å². The van der Waals surface area contributed by atoms with Crippen LogP contribution in [0.4, 0.5) is 0 Å². The molecule has 1 atom stereocenters. The molecule has 0 saturated carbocycles. The van der Waals surface area contributed by atoms with Crippen LogP contribution in [-0.4, -0.2) is 24.1 Å². The number of carbonyl (C=O) groups excluding carboxylic acids is 1. The van der Waals surface area contributed by atoms with Crippen LogP contribution in [0.5, 0.6) is 17.2 Å². The van der Waals surface area contributed by atoms with Crippen molar-refractivity contribution in [3.63, 3.8) is 0 Å². The van der Waals surface area contributed by atoms with E-state index in [2.05, 4.69) is 49.3 Å². The summed E-state index contributed by atoms with van der Waals surface area (Å²) >= 11 is 0. The quantitative estimate of drug-likeness (QED) is 0.114. The number of hydrogen-bond acceptors (Lipinski definition) is 5.